The minimum absolute atomic E-state index is 0.0165. The summed E-state index contributed by atoms with van der Waals surface area (Å²) in [5.74, 6) is -0.599. The maximum absolute atomic E-state index is 12.3. The molecule has 0 aliphatic carbocycles. The van der Waals surface area contributed by atoms with Crippen molar-refractivity contribution < 1.29 is 19.1 Å². The number of ether oxygens (including phenoxy) is 2. The van der Waals surface area contributed by atoms with Gasteiger partial charge in [-0.2, -0.15) is 0 Å². The van der Waals surface area contributed by atoms with Crippen LogP contribution in [0.3, 0.4) is 0 Å². The van der Waals surface area contributed by atoms with Crippen molar-refractivity contribution in [2.24, 2.45) is 10.9 Å². The first kappa shape index (κ1) is 16.3. The van der Waals surface area contributed by atoms with Gasteiger partial charge in [-0.1, -0.05) is 12.1 Å². The molecule has 2 unspecified atom stereocenters. The number of carbonyl (C=O) groups is 2. The number of rotatable bonds is 5. The number of nitrogens with zero attached hydrogens (tertiary/aromatic N) is 1. The summed E-state index contributed by atoms with van der Waals surface area (Å²) in [5.41, 5.74) is 1.03. The fourth-order valence-electron chi connectivity index (χ4n) is 2.37. The molecule has 2 atom stereocenters. The Labute approximate surface area is 133 Å². The molecule has 2 amide bonds. The van der Waals surface area contributed by atoms with E-state index in [1.165, 1.54) is 0 Å². The van der Waals surface area contributed by atoms with Gasteiger partial charge in [0.25, 0.3) is 0 Å². The molecule has 2 rings (SSSR count). The van der Waals surface area contributed by atoms with E-state index in [2.05, 4.69) is 10.3 Å². The SMILES string of the molecule is CCOC(=O)C1C(CCl)=NC(=O)NC1c1cccc(OC)c1. The predicted octanol–water partition coefficient (Wildman–Crippen LogP) is 2.32. The van der Waals surface area contributed by atoms with Gasteiger partial charge in [0.05, 0.1) is 31.4 Å². The van der Waals surface area contributed by atoms with Gasteiger partial charge in [0, 0.05) is 0 Å². The van der Waals surface area contributed by atoms with Crippen molar-refractivity contribution in [3.8, 4) is 5.75 Å². The molecule has 22 heavy (non-hydrogen) atoms. The van der Waals surface area contributed by atoms with E-state index in [-0.39, 0.29) is 12.5 Å². The van der Waals surface area contributed by atoms with Crippen LogP contribution in [0.5, 0.6) is 5.75 Å². The van der Waals surface area contributed by atoms with Crippen LogP contribution in [0.25, 0.3) is 0 Å². The van der Waals surface area contributed by atoms with E-state index in [0.717, 1.165) is 5.56 Å². The Hall–Kier alpha value is -2.08. The Morgan fingerprint density at radius 3 is 2.86 bits per heavy atom. The van der Waals surface area contributed by atoms with Crippen LogP contribution in [0.2, 0.25) is 0 Å². The van der Waals surface area contributed by atoms with Crippen LogP contribution in [0.1, 0.15) is 18.5 Å². The summed E-state index contributed by atoms with van der Waals surface area (Å²) in [5, 5.41) is 2.70. The summed E-state index contributed by atoms with van der Waals surface area (Å²) >= 11 is 5.85. The lowest BCUT2D eigenvalue weighted by Crippen LogP contribution is -2.45. The van der Waals surface area contributed by atoms with Crippen molar-refractivity contribution in [1.29, 1.82) is 0 Å². The number of benzene rings is 1. The Balaban J connectivity index is 2.43. The number of nitrogens with one attached hydrogen (secondary N) is 1. The maximum atomic E-state index is 12.3. The first-order chi connectivity index (χ1) is 10.6. The van der Waals surface area contributed by atoms with Crippen LogP contribution in [0.4, 0.5) is 4.79 Å². The minimum Gasteiger partial charge on any atom is -0.497 e. The Morgan fingerprint density at radius 2 is 2.23 bits per heavy atom. The molecule has 1 aromatic rings. The second kappa shape index (κ2) is 7.26. The summed E-state index contributed by atoms with van der Waals surface area (Å²) in [7, 11) is 1.55. The van der Waals surface area contributed by atoms with Gasteiger partial charge in [-0.15, -0.1) is 11.6 Å². The molecular weight excluding hydrogens is 308 g/mol. The van der Waals surface area contributed by atoms with Crippen LogP contribution in [-0.4, -0.2) is 37.3 Å². The Bertz CT molecular complexity index is 603. The molecule has 0 spiro atoms. The first-order valence-electron chi connectivity index (χ1n) is 6.85. The molecule has 1 aliphatic rings. The van der Waals surface area contributed by atoms with Crippen LogP contribution >= 0.6 is 11.6 Å². The van der Waals surface area contributed by atoms with Gasteiger partial charge in [0.1, 0.15) is 11.7 Å². The van der Waals surface area contributed by atoms with Gasteiger partial charge in [0.15, 0.2) is 0 Å². The van der Waals surface area contributed by atoms with Crippen LogP contribution in [0, 0.1) is 5.92 Å². The fourth-order valence-corrected chi connectivity index (χ4v) is 2.59. The number of alkyl halides is 1. The zero-order valence-electron chi connectivity index (χ0n) is 12.3. The molecule has 7 heteroatoms. The van der Waals surface area contributed by atoms with Gasteiger partial charge in [0.2, 0.25) is 0 Å². The number of halogens is 1. The number of hydrogen-bond acceptors (Lipinski definition) is 4. The van der Waals surface area contributed by atoms with Crippen LogP contribution in [-0.2, 0) is 9.53 Å². The van der Waals surface area contributed by atoms with Crippen LogP contribution < -0.4 is 10.1 Å². The van der Waals surface area contributed by atoms with E-state index < -0.39 is 24.0 Å². The Morgan fingerprint density at radius 1 is 1.45 bits per heavy atom. The second-order valence-corrected chi connectivity index (χ2v) is 4.94. The molecule has 0 radical (unpaired) electrons. The lowest BCUT2D eigenvalue weighted by atomic mass is 9.88. The average Bonchev–Trinajstić information content (AvgIpc) is 2.54. The molecule has 1 aliphatic heterocycles. The number of amides is 2. The van der Waals surface area contributed by atoms with E-state index in [9.17, 15) is 9.59 Å². The third kappa shape index (κ3) is 3.39. The quantitative estimate of drug-likeness (QED) is 0.666. The van der Waals surface area contributed by atoms with Crippen molar-refractivity contribution in [2.75, 3.05) is 19.6 Å². The minimum atomic E-state index is -0.748. The molecule has 0 aromatic heterocycles. The molecule has 0 saturated carbocycles. The highest BCUT2D eigenvalue weighted by molar-refractivity contribution is 6.32. The molecule has 0 bridgehead atoms. The monoisotopic (exact) mass is 324 g/mol. The molecule has 1 N–H and O–H groups in total. The third-order valence-electron chi connectivity index (χ3n) is 3.35. The van der Waals surface area contributed by atoms with E-state index in [4.69, 9.17) is 21.1 Å². The van der Waals surface area contributed by atoms with E-state index in [1.54, 1.807) is 38.3 Å². The highest BCUT2D eigenvalue weighted by Crippen LogP contribution is 2.30. The number of carbonyl (C=O) groups excluding carboxylic acids is 2. The number of hydrogen-bond donors (Lipinski definition) is 1. The van der Waals surface area contributed by atoms with Gasteiger partial charge >= 0.3 is 12.0 Å². The lowest BCUT2D eigenvalue weighted by molar-refractivity contribution is -0.146. The third-order valence-corrected chi connectivity index (χ3v) is 3.62. The van der Waals surface area contributed by atoms with Crippen molar-refractivity contribution in [3.63, 3.8) is 0 Å². The lowest BCUT2D eigenvalue weighted by Gasteiger charge is -2.30. The maximum Gasteiger partial charge on any atom is 0.341 e. The summed E-state index contributed by atoms with van der Waals surface area (Å²) in [4.78, 5) is 27.8. The number of aliphatic imine (C=N–C) groups is 1. The standard InChI is InChI=1S/C15H17ClN2O4/c1-3-22-14(19)12-11(8-16)17-15(20)18-13(12)9-5-4-6-10(7-9)21-2/h4-7,12-13H,3,8H2,1-2H3,(H,18,20). The van der Waals surface area contributed by atoms with Gasteiger partial charge < -0.3 is 14.8 Å². The van der Waals surface area contributed by atoms with Gasteiger partial charge in [-0.05, 0) is 24.6 Å². The van der Waals surface area contributed by atoms with Gasteiger partial charge in [-0.25, -0.2) is 9.79 Å². The summed E-state index contributed by atoms with van der Waals surface area (Å²) < 4.78 is 10.3. The number of methoxy groups -OCH3 is 1. The van der Waals surface area contributed by atoms with Crippen molar-refractivity contribution in [2.45, 2.75) is 13.0 Å². The summed E-state index contributed by atoms with van der Waals surface area (Å²) in [6, 6.07) is 6.01. The summed E-state index contributed by atoms with van der Waals surface area (Å²) in [6.45, 7) is 1.96. The normalized spacial score (nSPS) is 20.9. The molecule has 1 heterocycles. The second-order valence-electron chi connectivity index (χ2n) is 4.67. The van der Waals surface area contributed by atoms with Crippen molar-refractivity contribution in [3.05, 3.63) is 29.8 Å². The average molecular weight is 325 g/mol. The highest BCUT2D eigenvalue weighted by Gasteiger charge is 2.39. The van der Waals surface area contributed by atoms with Crippen LogP contribution in [0.15, 0.2) is 29.3 Å². The Kier molecular flexibility index (Phi) is 5.38. The van der Waals surface area contributed by atoms with Crippen molar-refractivity contribution in [1.82, 2.24) is 5.32 Å². The number of urea groups is 1. The smallest absolute Gasteiger partial charge is 0.341 e. The predicted molar refractivity (Wildman–Crippen MR) is 82.5 cm³/mol. The molecular formula is C15H17ClN2O4. The van der Waals surface area contributed by atoms with Gasteiger partial charge in [-0.3, -0.25) is 4.79 Å². The molecule has 0 fully saturated rings. The molecule has 0 saturated heterocycles. The molecule has 118 valence electrons. The number of esters is 1. The zero-order chi connectivity index (χ0) is 16.1. The fraction of sp³-hybridized carbons (Fsp3) is 0.400. The van der Waals surface area contributed by atoms with E-state index in [0.29, 0.717) is 11.5 Å². The highest BCUT2D eigenvalue weighted by atomic mass is 35.5. The van der Waals surface area contributed by atoms with E-state index in [1.807, 2.05) is 0 Å². The van der Waals surface area contributed by atoms with E-state index >= 15 is 0 Å². The summed E-state index contributed by atoms with van der Waals surface area (Å²) in [6.07, 6.45) is 0. The molecule has 6 nitrogen and oxygen atoms in total. The topological polar surface area (TPSA) is 77.0 Å². The first-order valence-corrected chi connectivity index (χ1v) is 7.38. The zero-order valence-corrected chi connectivity index (χ0v) is 13.1. The molecule has 1 aromatic carbocycles. The van der Waals surface area contributed by atoms with Crippen molar-refractivity contribution >= 4 is 29.3 Å². The largest absolute Gasteiger partial charge is 0.497 e.